The predicted molar refractivity (Wildman–Crippen MR) is 67.4 cm³/mol. The lowest BCUT2D eigenvalue weighted by atomic mass is 10.2. The summed E-state index contributed by atoms with van der Waals surface area (Å²) in [6, 6.07) is 2.50. The van der Waals surface area contributed by atoms with Crippen LogP contribution in [0.5, 0.6) is 0 Å². The standard InChI is InChI=1S/C12H19N3S/c1-4-10(5-6-13)14-7-11-8-15-12(16-11)9(2)3/h8-10,14H,4-5,7H2,1-3H3. The summed E-state index contributed by atoms with van der Waals surface area (Å²) in [5.41, 5.74) is 0. The van der Waals surface area contributed by atoms with Gasteiger partial charge in [0.1, 0.15) is 0 Å². The van der Waals surface area contributed by atoms with Gasteiger partial charge in [-0.2, -0.15) is 5.26 Å². The third kappa shape index (κ3) is 3.92. The SMILES string of the molecule is CCC(CC#N)NCc1cnc(C(C)C)s1. The highest BCUT2D eigenvalue weighted by Crippen LogP contribution is 2.20. The second-order valence-corrected chi connectivity index (χ2v) is 5.31. The van der Waals surface area contributed by atoms with E-state index in [1.165, 1.54) is 9.88 Å². The second kappa shape index (κ2) is 6.62. The molecule has 0 aliphatic carbocycles. The average Bonchev–Trinajstić information content (AvgIpc) is 2.73. The summed E-state index contributed by atoms with van der Waals surface area (Å²) in [6.45, 7) is 7.23. The molecule has 0 aromatic carbocycles. The second-order valence-electron chi connectivity index (χ2n) is 4.17. The van der Waals surface area contributed by atoms with Gasteiger partial charge in [0.2, 0.25) is 0 Å². The number of nitrogens with one attached hydrogen (secondary N) is 1. The van der Waals surface area contributed by atoms with E-state index in [4.69, 9.17) is 5.26 Å². The Hall–Kier alpha value is -0.920. The summed E-state index contributed by atoms with van der Waals surface area (Å²) in [5.74, 6) is 0.500. The Bertz CT molecular complexity index is 351. The van der Waals surface area contributed by atoms with Crippen molar-refractivity contribution in [3.63, 3.8) is 0 Å². The molecule has 1 rings (SSSR count). The van der Waals surface area contributed by atoms with E-state index < -0.39 is 0 Å². The van der Waals surface area contributed by atoms with Crippen molar-refractivity contribution in [1.82, 2.24) is 10.3 Å². The first-order valence-corrected chi connectivity index (χ1v) is 6.54. The lowest BCUT2D eigenvalue weighted by Crippen LogP contribution is -2.26. The van der Waals surface area contributed by atoms with Crippen LogP contribution in [0, 0.1) is 11.3 Å². The molecule has 1 atom stereocenters. The van der Waals surface area contributed by atoms with Gasteiger partial charge in [-0.1, -0.05) is 20.8 Å². The van der Waals surface area contributed by atoms with Gasteiger partial charge in [-0.25, -0.2) is 4.98 Å². The molecule has 0 aliphatic rings. The van der Waals surface area contributed by atoms with Gasteiger partial charge < -0.3 is 5.32 Å². The van der Waals surface area contributed by atoms with E-state index in [9.17, 15) is 0 Å². The molecular formula is C12H19N3S. The van der Waals surface area contributed by atoms with Crippen LogP contribution >= 0.6 is 11.3 Å². The van der Waals surface area contributed by atoms with Gasteiger partial charge >= 0.3 is 0 Å². The number of nitriles is 1. The minimum absolute atomic E-state index is 0.301. The number of thiazole rings is 1. The zero-order valence-electron chi connectivity index (χ0n) is 10.2. The first kappa shape index (κ1) is 13.1. The molecule has 88 valence electrons. The van der Waals surface area contributed by atoms with Crippen LogP contribution in [0.3, 0.4) is 0 Å². The maximum Gasteiger partial charge on any atom is 0.0953 e. The third-order valence-electron chi connectivity index (χ3n) is 2.46. The van der Waals surface area contributed by atoms with Crippen molar-refractivity contribution < 1.29 is 0 Å². The zero-order chi connectivity index (χ0) is 12.0. The monoisotopic (exact) mass is 237 g/mol. The third-order valence-corrected chi connectivity index (χ3v) is 3.76. The Kier molecular flexibility index (Phi) is 5.44. The fourth-order valence-corrected chi connectivity index (χ4v) is 2.26. The molecule has 0 radical (unpaired) electrons. The molecule has 1 aromatic rings. The van der Waals surface area contributed by atoms with Crippen LogP contribution in [0.2, 0.25) is 0 Å². The molecule has 0 aliphatic heterocycles. The molecule has 1 aromatic heterocycles. The summed E-state index contributed by atoms with van der Waals surface area (Å²) in [7, 11) is 0. The van der Waals surface area contributed by atoms with Crippen molar-refractivity contribution in [3.8, 4) is 6.07 Å². The van der Waals surface area contributed by atoms with E-state index >= 15 is 0 Å². The van der Waals surface area contributed by atoms with Gasteiger partial charge in [-0.15, -0.1) is 11.3 Å². The molecule has 0 fully saturated rings. The molecule has 0 bridgehead atoms. The normalized spacial score (nSPS) is 12.7. The maximum atomic E-state index is 8.64. The number of nitrogens with zero attached hydrogens (tertiary/aromatic N) is 2. The molecule has 1 unspecified atom stereocenters. The average molecular weight is 237 g/mol. The molecule has 1 heterocycles. The Balaban J connectivity index is 2.44. The van der Waals surface area contributed by atoms with Gasteiger partial charge in [0.15, 0.2) is 0 Å². The van der Waals surface area contributed by atoms with Crippen LogP contribution in [-0.2, 0) is 6.54 Å². The van der Waals surface area contributed by atoms with Crippen LogP contribution < -0.4 is 5.32 Å². The van der Waals surface area contributed by atoms with Crippen molar-refractivity contribution in [1.29, 1.82) is 5.26 Å². The highest BCUT2D eigenvalue weighted by atomic mass is 32.1. The topological polar surface area (TPSA) is 48.7 Å². The minimum atomic E-state index is 0.301. The van der Waals surface area contributed by atoms with Gasteiger partial charge in [0.05, 0.1) is 17.5 Å². The van der Waals surface area contributed by atoms with Crippen LogP contribution in [0.15, 0.2) is 6.20 Å². The molecule has 16 heavy (non-hydrogen) atoms. The molecule has 4 heteroatoms. The van der Waals surface area contributed by atoms with E-state index in [1.807, 2.05) is 6.20 Å². The Morgan fingerprint density at radius 3 is 2.81 bits per heavy atom. The first-order chi connectivity index (χ1) is 7.67. The highest BCUT2D eigenvalue weighted by molar-refractivity contribution is 7.11. The van der Waals surface area contributed by atoms with E-state index in [-0.39, 0.29) is 0 Å². The van der Waals surface area contributed by atoms with Crippen molar-refractivity contribution in [2.75, 3.05) is 0 Å². The molecule has 0 amide bonds. The number of hydrogen-bond donors (Lipinski definition) is 1. The van der Waals surface area contributed by atoms with Crippen molar-refractivity contribution in [3.05, 3.63) is 16.1 Å². The highest BCUT2D eigenvalue weighted by Gasteiger charge is 2.08. The van der Waals surface area contributed by atoms with E-state index in [2.05, 4.69) is 37.1 Å². The van der Waals surface area contributed by atoms with Crippen molar-refractivity contribution in [2.45, 2.75) is 52.1 Å². The van der Waals surface area contributed by atoms with E-state index in [1.54, 1.807) is 11.3 Å². The number of aromatic nitrogens is 1. The Labute approximate surface area is 102 Å². The molecule has 1 N–H and O–H groups in total. The summed E-state index contributed by atoms with van der Waals surface area (Å²) >= 11 is 1.76. The lowest BCUT2D eigenvalue weighted by molar-refractivity contribution is 0.507. The Morgan fingerprint density at radius 2 is 2.31 bits per heavy atom. The Morgan fingerprint density at radius 1 is 1.56 bits per heavy atom. The predicted octanol–water partition coefficient (Wildman–Crippen LogP) is 3.05. The minimum Gasteiger partial charge on any atom is -0.308 e. The van der Waals surface area contributed by atoms with Crippen molar-refractivity contribution >= 4 is 11.3 Å². The molecular weight excluding hydrogens is 218 g/mol. The molecule has 0 saturated carbocycles. The fraction of sp³-hybridized carbons (Fsp3) is 0.667. The summed E-state index contributed by atoms with van der Waals surface area (Å²) < 4.78 is 0. The quantitative estimate of drug-likeness (QED) is 0.827. The van der Waals surface area contributed by atoms with Crippen molar-refractivity contribution in [2.24, 2.45) is 0 Å². The van der Waals surface area contributed by atoms with Gasteiger partial charge in [0, 0.05) is 29.6 Å². The molecule has 0 saturated heterocycles. The first-order valence-electron chi connectivity index (χ1n) is 5.72. The van der Waals surface area contributed by atoms with E-state index in [0.717, 1.165) is 13.0 Å². The van der Waals surface area contributed by atoms with Crippen LogP contribution in [-0.4, -0.2) is 11.0 Å². The lowest BCUT2D eigenvalue weighted by Gasteiger charge is -2.11. The smallest absolute Gasteiger partial charge is 0.0953 e. The van der Waals surface area contributed by atoms with E-state index in [0.29, 0.717) is 18.4 Å². The zero-order valence-corrected chi connectivity index (χ0v) is 11.0. The maximum absolute atomic E-state index is 8.64. The van der Waals surface area contributed by atoms with Gasteiger partial charge in [-0.3, -0.25) is 0 Å². The van der Waals surface area contributed by atoms with Gasteiger partial charge in [-0.05, 0) is 6.42 Å². The summed E-state index contributed by atoms with van der Waals surface area (Å²) in [4.78, 5) is 5.63. The van der Waals surface area contributed by atoms with Crippen LogP contribution in [0.1, 0.15) is 49.4 Å². The summed E-state index contributed by atoms with van der Waals surface area (Å²) in [6.07, 6.45) is 3.50. The van der Waals surface area contributed by atoms with Crippen LogP contribution in [0.4, 0.5) is 0 Å². The molecule has 3 nitrogen and oxygen atoms in total. The summed E-state index contributed by atoms with van der Waals surface area (Å²) in [5, 5.41) is 13.2. The number of rotatable bonds is 6. The van der Waals surface area contributed by atoms with Gasteiger partial charge in [0.25, 0.3) is 0 Å². The number of hydrogen-bond acceptors (Lipinski definition) is 4. The van der Waals surface area contributed by atoms with Crippen LogP contribution in [0.25, 0.3) is 0 Å². The largest absolute Gasteiger partial charge is 0.308 e. The fourth-order valence-electron chi connectivity index (χ4n) is 1.39. The molecule has 0 spiro atoms.